The van der Waals surface area contributed by atoms with Gasteiger partial charge in [-0.3, -0.25) is 9.59 Å². The van der Waals surface area contributed by atoms with Crippen molar-refractivity contribution in [1.29, 1.82) is 0 Å². The van der Waals surface area contributed by atoms with E-state index in [-0.39, 0.29) is 12.5 Å². The molecule has 21 heavy (non-hydrogen) atoms. The molecule has 1 aromatic rings. The molecule has 1 amide bonds. The number of nitrogens with one attached hydrogen (secondary N) is 1. The number of ether oxygens (including phenoxy) is 1. The van der Waals surface area contributed by atoms with Gasteiger partial charge in [-0.2, -0.15) is 0 Å². The van der Waals surface area contributed by atoms with E-state index in [1.54, 1.807) is 0 Å². The van der Waals surface area contributed by atoms with Crippen LogP contribution in [0.5, 0.6) is 5.75 Å². The predicted molar refractivity (Wildman–Crippen MR) is 78.2 cm³/mol. The van der Waals surface area contributed by atoms with Crippen molar-refractivity contribution < 1.29 is 19.4 Å². The number of carbonyl (C=O) groups is 2. The van der Waals surface area contributed by atoms with Crippen molar-refractivity contribution in [2.45, 2.75) is 32.6 Å². The number of rotatable bonds is 8. The van der Waals surface area contributed by atoms with Crippen molar-refractivity contribution in [1.82, 2.24) is 5.32 Å². The monoisotopic (exact) mass is 291 g/mol. The quantitative estimate of drug-likeness (QED) is 0.768. The molecular formula is C16H21NO4. The van der Waals surface area contributed by atoms with E-state index in [1.165, 1.54) is 0 Å². The van der Waals surface area contributed by atoms with Crippen LogP contribution in [0.15, 0.2) is 24.3 Å². The summed E-state index contributed by atoms with van der Waals surface area (Å²) in [5, 5.41) is 11.8. The molecule has 1 aromatic carbocycles. The second-order valence-corrected chi connectivity index (χ2v) is 5.44. The average molecular weight is 291 g/mol. The predicted octanol–water partition coefficient (Wildman–Crippen LogP) is 2.00. The van der Waals surface area contributed by atoms with Crippen molar-refractivity contribution in [2.75, 3.05) is 13.2 Å². The van der Waals surface area contributed by atoms with Crippen molar-refractivity contribution in [3.8, 4) is 5.75 Å². The van der Waals surface area contributed by atoms with Crippen LogP contribution < -0.4 is 10.1 Å². The number of hydrogen-bond donors (Lipinski definition) is 2. The Morgan fingerprint density at radius 2 is 1.95 bits per heavy atom. The molecule has 0 bridgehead atoms. The van der Waals surface area contributed by atoms with Gasteiger partial charge in [-0.05, 0) is 43.9 Å². The Balaban J connectivity index is 1.72. The van der Waals surface area contributed by atoms with Crippen LogP contribution in [0.25, 0.3) is 0 Å². The molecule has 2 N–H and O–H groups in total. The van der Waals surface area contributed by atoms with Crippen LogP contribution in [0.1, 0.15) is 31.7 Å². The Morgan fingerprint density at radius 3 is 2.48 bits per heavy atom. The molecule has 0 heterocycles. The standard InChI is InChI=1S/C16H21NO4/c1-2-21-13-6-3-12(4-7-13)5-8-14(18)17-11-16(9-10-16)15(19)20/h3-4,6-7H,2,5,8-11H2,1H3,(H,17,18)(H,19,20). The number of carbonyl (C=O) groups excluding carboxylic acids is 1. The van der Waals surface area contributed by atoms with E-state index < -0.39 is 11.4 Å². The number of aliphatic carboxylic acids is 1. The Morgan fingerprint density at radius 1 is 1.29 bits per heavy atom. The van der Waals surface area contributed by atoms with Gasteiger partial charge in [0.15, 0.2) is 0 Å². The maximum atomic E-state index is 11.8. The van der Waals surface area contributed by atoms with Gasteiger partial charge in [0.1, 0.15) is 5.75 Å². The van der Waals surface area contributed by atoms with E-state index in [9.17, 15) is 9.59 Å². The lowest BCUT2D eigenvalue weighted by molar-refractivity contribution is -0.143. The molecule has 1 aliphatic rings. The summed E-state index contributed by atoms with van der Waals surface area (Å²) in [5.74, 6) is -0.0893. The number of carboxylic acids is 1. The molecule has 1 saturated carbocycles. The third kappa shape index (κ3) is 4.21. The van der Waals surface area contributed by atoms with Crippen molar-refractivity contribution in [3.05, 3.63) is 29.8 Å². The van der Waals surface area contributed by atoms with Crippen molar-refractivity contribution in [3.63, 3.8) is 0 Å². The number of benzene rings is 1. The molecule has 0 spiro atoms. The zero-order valence-electron chi connectivity index (χ0n) is 12.2. The van der Waals surface area contributed by atoms with Crippen molar-refractivity contribution in [2.24, 2.45) is 5.41 Å². The second-order valence-electron chi connectivity index (χ2n) is 5.44. The van der Waals surface area contributed by atoms with Gasteiger partial charge in [-0.1, -0.05) is 12.1 Å². The first kappa shape index (κ1) is 15.4. The largest absolute Gasteiger partial charge is 0.494 e. The van der Waals surface area contributed by atoms with Gasteiger partial charge in [0.2, 0.25) is 5.91 Å². The average Bonchev–Trinajstić information content (AvgIpc) is 3.26. The van der Waals surface area contributed by atoms with Gasteiger partial charge in [0, 0.05) is 13.0 Å². The van der Waals surface area contributed by atoms with Crippen LogP contribution in [0, 0.1) is 5.41 Å². The van der Waals surface area contributed by atoms with Crippen LogP contribution in [-0.4, -0.2) is 30.1 Å². The molecule has 5 heteroatoms. The fourth-order valence-corrected chi connectivity index (χ4v) is 2.15. The highest BCUT2D eigenvalue weighted by Gasteiger charge is 2.50. The molecule has 0 aromatic heterocycles. The molecule has 114 valence electrons. The van der Waals surface area contributed by atoms with Gasteiger partial charge in [0.05, 0.1) is 12.0 Å². The van der Waals surface area contributed by atoms with Gasteiger partial charge >= 0.3 is 5.97 Å². The van der Waals surface area contributed by atoms with E-state index in [4.69, 9.17) is 9.84 Å². The molecule has 0 atom stereocenters. The van der Waals surface area contributed by atoms with E-state index in [0.717, 1.165) is 11.3 Å². The molecule has 0 aliphatic heterocycles. The highest BCUT2D eigenvalue weighted by atomic mass is 16.5. The molecule has 0 unspecified atom stereocenters. The molecule has 1 fully saturated rings. The first-order valence-electron chi connectivity index (χ1n) is 7.27. The molecular weight excluding hydrogens is 270 g/mol. The Bertz CT molecular complexity index is 506. The van der Waals surface area contributed by atoms with E-state index in [0.29, 0.717) is 32.3 Å². The van der Waals surface area contributed by atoms with Crippen molar-refractivity contribution >= 4 is 11.9 Å². The maximum absolute atomic E-state index is 11.8. The van der Waals surface area contributed by atoms with Crippen LogP contribution in [0.4, 0.5) is 0 Å². The molecule has 2 rings (SSSR count). The summed E-state index contributed by atoms with van der Waals surface area (Å²) >= 11 is 0. The highest BCUT2D eigenvalue weighted by Crippen LogP contribution is 2.45. The lowest BCUT2D eigenvalue weighted by atomic mass is 10.1. The lowest BCUT2D eigenvalue weighted by Crippen LogP contribution is -2.34. The highest BCUT2D eigenvalue weighted by molar-refractivity contribution is 5.81. The van der Waals surface area contributed by atoms with Gasteiger partial charge in [-0.25, -0.2) is 0 Å². The molecule has 0 radical (unpaired) electrons. The number of aryl methyl sites for hydroxylation is 1. The minimum atomic E-state index is -0.811. The molecule has 1 aliphatic carbocycles. The van der Waals surface area contributed by atoms with Crippen LogP contribution in [0.2, 0.25) is 0 Å². The summed E-state index contributed by atoms with van der Waals surface area (Å²) in [6.45, 7) is 2.81. The van der Waals surface area contributed by atoms with E-state index in [1.807, 2.05) is 31.2 Å². The number of hydrogen-bond acceptors (Lipinski definition) is 3. The number of amides is 1. The third-order valence-corrected chi connectivity index (χ3v) is 3.81. The first-order valence-corrected chi connectivity index (χ1v) is 7.27. The fourth-order valence-electron chi connectivity index (χ4n) is 2.15. The summed E-state index contributed by atoms with van der Waals surface area (Å²) in [6, 6.07) is 7.66. The molecule has 5 nitrogen and oxygen atoms in total. The second kappa shape index (κ2) is 6.61. The third-order valence-electron chi connectivity index (χ3n) is 3.81. The summed E-state index contributed by atoms with van der Waals surface area (Å²) in [4.78, 5) is 22.8. The van der Waals surface area contributed by atoms with E-state index >= 15 is 0 Å². The Hall–Kier alpha value is -2.04. The first-order chi connectivity index (χ1) is 10.1. The maximum Gasteiger partial charge on any atom is 0.311 e. The summed E-state index contributed by atoms with van der Waals surface area (Å²) in [5.41, 5.74) is 0.363. The van der Waals surface area contributed by atoms with Gasteiger partial charge in [0.25, 0.3) is 0 Å². The smallest absolute Gasteiger partial charge is 0.311 e. The fraction of sp³-hybridized carbons (Fsp3) is 0.500. The molecule has 0 saturated heterocycles. The van der Waals surface area contributed by atoms with Crippen LogP contribution >= 0.6 is 0 Å². The minimum absolute atomic E-state index is 0.101. The Kier molecular flexibility index (Phi) is 4.83. The Labute approximate surface area is 124 Å². The number of carboxylic acid groups (broad SMARTS) is 1. The van der Waals surface area contributed by atoms with E-state index in [2.05, 4.69) is 5.32 Å². The summed E-state index contributed by atoms with van der Waals surface area (Å²) < 4.78 is 5.36. The lowest BCUT2D eigenvalue weighted by Gasteiger charge is -2.11. The van der Waals surface area contributed by atoms with Gasteiger partial charge in [-0.15, -0.1) is 0 Å². The topological polar surface area (TPSA) is 75.6 Å². The summed E-state index contributed by atoms with van der Waals surface area (Å²) in [6.07, 6.45) is 2.31. The summed E-state index contributed by atoms with van der Waals surface area (Å²) in [7, 11) is 0. The zero-order chi connectivity index (χ0) is 15.3. The van der Waals surface area contributed by atoms with Crippen LogP contribution in [-0.2, 0) is 16.0 Å². The zero-order valence-corrected chi connectivity index (χ0v) is 12.2. The normalized spacial score (nSPS) is 15.3. The minimum Gasteiger partial charge on any atom is -0.494 e. The SMILES string of the molecule is CCOc1ccc(CCC(=O)NCC2(C(=O)O)CC2)cc1. The van der Waals surface area contributed by atoms with Crippen LogP contribution in [0.3, 0.4) is 0 Å². The van der Waals surface area contributed by atoms with Gasteiger partial charge < -0.3 is 15.2 Å².